The van der Waals surface area contributed by atoms with Crippen LogP contribution < -0.4 is 5.32 Å². The highest BCUT2D eigenvalue weighted by Gasteiger charge is 2.28. The molecule has 1 aromatic rings. The van der Waals surface area contributed by atoms with E-state index in [1.165, 1.54) is 10.4 Å². The standard InChI is InChI=1S/C13H16N2O3S/c16-13-12-9-11(4-3-10(12)5-6-14-13)19(17,18)15-7-1-2-8-15/h3-4,9H,1-2,5-8H2,(H,14,16). The van der Waals surface area contributed by atoms with Gasteiger partial charge in [-0.3, -0.25) is 4.79 Å². The van der Waals surface area contributed by atoms with Crippen molar-refractivity contribution in [1.82, 2.24) is 9.62 Å². The third-order valence-electron chi connectivity index (χ3n) is 3.71. The fraction of sp³-hybridized carbons (Fsp3) is 0.462. The smallest absolute Gasteiger partial charge is 0.251 e. The summed E-state index contributed by atoms with van der Waals surface area (Å²) in [7, 11) is -3.44. The predicted molar refractivity (Wildman–Crippen MR) is 70.5 cm³/mol. The van der Waals surface area contributed by atoms with Gasteiger partial charge in [0.25, 0.3) is 5.91 Å². The second-order valence-electron chi connectivity index (χ2n) is 4.94. The van der Waals surface area contributed by atoms with Crippen LogP contribution in [0.1, 0.15) is 28.8 Å². The molecule has 1 N–H and O–H groups in total. The molecule has 0 atom stereocenters. The van der Waals surface area contributed by atoms with Crippen molar-refractivity contribution in [3.63, 3.8) is 0 Å². The van der Waals surface area contributed by atoms with E-state index in [0.717, 1.165) is 24.8 Å². The highest BCUT2D eigenvalue weighted by molar-refractivity contribution is 7.89. The van der Waals surface area contributed by atoms with Gasteiger partial charge in [0.05, 0.1) is 4.90 Å². The van der Waals surface area contributed by atoms with Gasteiger partial charge in [0, 0.05) is 25.2 Å². The molecule has 0 aliphatic carbocycles. The maximum Gasteiger partial charge on any atom is 0.251 e. The van der Waals surface area contributed by atoms with Crippen LogP contribution in [0.15, 0.2) is 23.1 Å². The van der Waals surface area contributed by atoms with Crippen LogP contribution in [-0.2, 0) is 16.4 Å². The van der Waals surface area contributed by atoms with E-state index in [-0.39, 0.29) is 10.8 Å². The molecule has 0 saturated carbocycles. The fourth-order valence-electron chi connectivity index (χ4n) is 2.63. The first kappa shape index (κ1) is 12.6. The molecule has 5 nitrogen and oxygen atoms in total. The zero-order chi connectivity index (χ0) is 13.5. The molecule has 0 bridgehead atoms. The molecule has 0 unspecified atom stereocenters. The van der Waals surface area contributed by atoms with E-state index >= 15 is 0 Å². The Morgan fingerprint density at radius 1 is 1.16 bits per heavy atom. The summed E-state index contributed by atoms with van der Waals surface area (Å²) in [6, 6.07) is 4.89. The fourth-order valence-corrected chi connectivity index (χ4v) is 4.17. The molecule has 3 rings (SSSR count). The minimum atomic E-state index is -3.44. The largest absolute Gasteiger partial charge is 0.352 e. The van der Waals surface area contributed by atoms with Crippen LogP contribution in [0.3, 0.4) is 0 Å². The maximum absolute atomic E-state index is 12.4. The van der Waals surface area contributed by atoms with Crippen molar-refractivity contribution in [3.05, 3.63) is 29.3 Å². The SMILES string of the molecule is O=C1NCCc2ccc(S(=O)(=O)N3CCCC3)cc21. The van der Waals surface area contributed by atoms with Gasteiger partial charge in [0.1, 0.15) is 0 Å². The minimum absolute atomic E-state index is 0.181. The third-order valence-corrected chi connectivity index (χ3v) is 5.60. The number of fused-ring (bicyclic) bond motifs is 1. The summed E-state index contributed by atoms with van der Waals surface area (Å²) in [5.74, 6) is -0.181. The zero-order valence-electron chi connectivity index (χ0n) is 10.6. The van der Waals surface area contributed by atoms with Gasteiger partial charge < -0.3 is 5.32 Å². The third kappa shape index (κ3) is 2.15. The predicted octanol–water partition coefficient (Wildman–Crippen LogP) is 0.757. The second-order valence-corrected chi connectivity index (χ2v) is 6.87. The maximum atomic E-state index is 12.4. The molecule has 2 heterocycles. The number of sulfonamides is 1. The molecular weight excluding hydrogens is 264 g/mol. The quantitative estimate of drug-likeness (QED) is 0.869. The Morgan fingerprint density at radius 2 is 1.89 bits per heavy atom. The average Bonchev–Trinajstić information content (AvgIpc) is 2.93. The number of hydrogen-bond donors (Lipinski definition) is 1. The molecule has 0 aromatic heterocycles. The monoisotopic (exact) mass is 280 g/mol. The van der Waals surface area contributed by atoms with Gasteiger partial charge in [-0.1, -0.05) is 6.07 Å². The van der Waals surface area contributed by atoms with E-state index in [4.69, 9.17) is 0 Å². The van der Waals surface area contributed by atoms with Crippen molar-refractivity contribution in [2.45, 2.75) is 24.2 Å². The Bertz CT molecular complexity index is 619. The molecule has 0 radical (unpaired) electrons. The lowest BCUT2D eigenvalue weighted by molar-refractivity contribution is 0.0945. The Labute approximate surface area is 112 Å². The number of nitrogens with one attached hydrogen (secondary N) is 1. The molecule has 6 heteroatoms. The topological polar surface area (TPSA) is 66.5 Å². The number of benzene rings is 1. The highest BCUT2D eigenvalue weighted by atomic mass is 32.2. The number of hydrogen-bond acceptors (Lipinski definition) is 3. The van der Waals surface area contributed by atoms with E-state index in [2.05, 4.69) is 5.32 Å². The van der Waals surface area contributed by atoms with Crippen LogP contribution in [0.25, 0.3) is 0 Å². The van der Waals surface area contributed by atoms with E-state index in [1.807, 2.05) is 0 Å². The van der Waals surface area contributed by atoms with E-state index in [0.29, 0.717) is 25.2 Å². The van der Waals surface area contributed by atoms with Crippen molar-refractivity contribution >= 4 is 15.9 Å². The van der Waals surface area contributed by atoms with Gasteiger partial charge in [0.2, 0.25) is 10.0 Å². The van der Waals surface area contributed by atoms with Gasteiger partial charge >= 0.3 is 0 Å². The summed E-state index contributed by atoms with van der Waals surface area (Å²) >= 11 is 0. The normalized spacial score (nSPS) is 20.1. The number of amides is 1. The lowest BCUT2D eigenvalue weighted by Crippen LogP contribution is -2.33. The molecule has 102 valence electrons. The molecule has 19 heavy (non-hydrogen) atoms. The van der Waals surface area contributed by atoms with Crippen LogP contribution in [0, 0.1) is 0 Å². The van der Waals surface area contributed by atoms with E-state index in [1.54, 1.807) is 12.1 Å². The number of nitrogens with zero attached hydrogens (tertiary/aromatic N) is 1. The van der Waals surface area contributed by atoms with Crippen molar-refractivity contribution < 1.29 is 13.2 Å². The molecule has 1 aromatic carbocycles. The second kappa shape index (κ2) is 4.61. The van der Waals surface area contributed by atoms with Crippen LogP contribution in [0.2, 0.25) is 0 Å². The molecular formula is C13H16N2O3S. The van der Waals surface area contributed by atoms with Gasteiger partial charge in [0.15, 0.2) is 0 Å². The lowest BCUT2D eigenvalue weighted by atomic mass is 10.0. The lowest BCUT2D eigenvalue weighted by Gasteiger charge is -2.19. The molecule has 1 fully saturated rings. The first-order valence-corrected chi connectivity index (χ1v) is 7.94. The molecule has 2 aliphatic rings. The van der Waals surface area contributed by atoms with Gasteiger partial charge in [-0.2, -0.15) is 4.31 Å². The number of rotatable bonds is 2. The van der Waals surface area contributed by atoms with E-state index in [9.17, 15) is 13.2 Å². The highest BCUT2D eigenvalue weighted by Crippen LogP contribution is 2.24. The van der Waals surface area contributed by atoms with Crippen molar-refractivity contribution in [1.29, 1.82) is 0 Å². The number of carbonyl (C=O) groups excluding carboxylic acids is 1. The summed E-state index contributed by atoms with van der Waals surface area (Å²) in [6.45, 7) is 1.77. The van der Waals surface area contributed by atoms with E-state index < -0.39 is 10.0 Å². The van der Waals surface area contributed by atoms with Crippen LogP contribution >= 0.6 is 0 Å². The summed E-state index contributed by atoms with van der Waals surface area (Å²) in [4.78, 5) is 12.0. The van der Waals surface area contributed by atoms with Crippen molar-refractivity contribution in [3.8, 4) is 0 Å². The summed E-state index contributed by atoms with van der Waals surface area (Å²) in [6.07, 6.45) is 2.57. The summed E-state index contributed by atoms with van der Waals surface area (Å²) < 4.78 is 26.3. The van der Waals surface area contributed by atoms with Gasteiger partial charge in [-0.25, -0.2) is 8.42 Å². The molecule has 1 saturated heterocycles. The average molecular weight is 280 g/mol. The summed E-state index contributed by atoms with van der Waals surface area (Å²) in [5, 5.41) is 2.74. The van der Waals surface area contributed by atoms with Crippen LogP contribution in [-0.4, -0.2) is 38.3 Å². The summed E-state index contributed by atoms with van der Waals surface area (Å²) in [5.41, 5.74) is 1.41. The molecule has 1 amide bonds. The van der Waals surface area contributed by atoms with Crippen molar-refractivity contribution in [2.75, 3.05) is 19.6 Å². The Kier molecular flexibility index (Phi) is 3.06. The van der Waals surface area contributed by atoms with Gasteiger partial charge in [-0.05, 0) is 37.0 Å². The minimum Gasteiger partial charge on any atom is -0.352 e. The Morgan fingerprint density at radius 3 is 2.63 bits per heavy atom. The number of carbonyl (C=O) groups is 1. The van der Waals surface area contributed by atoms with Gasteiger partial charge in [-0.15, -0.1) is 0 Å². The zero-order valence-corrected chi connectivity index (χ0v) is 11.4. The first-order valence-electron chi connectivity index (χ1n) is 6.50. The first-order chi connectivity index (χ1) is 9.09. The van der Waals surface area contributed by atoms with Crippen molar-refractivity contribution in [2.24, 2.45) is 0 Å². The molecule has 2 aliphatic heterocycles. The Balaban J connectivity index is 2.02. The van der Waals surface area contributed by atoms with Crippen LogP contribution in [0.4, 0.5) is 0 Å². The molecule has 0 spiro atoms. The Hall–Kier alpha value is -1.40. The van der Waals surface area contributed by atoms with Crippen LogP contribution in [0.5, 0.6) is 0 Å².